The fourth-order valence-corrected chi connectivity index (χ4v) is 3.53. The number of hydrazine groups is 1. The Morgan fingerprint density at radius 2 is 1.68 bits per heavy atom. The van der Waals surface area contributed by atoms with Gasteiger partial charge >= 0.3 is 0 Å². The van der Waals surface area contributed by atoms with Crippen LogP contribution in [0.4, 0.5) is 10.1 Å². The van der Waals surface area contributed by atoms with Crippen LogP contribution in [0.2, 0.25) is 0 Å². The standard InChI is InChI=1S/C21H18FN3/c22-20-9-4-1-6-17(20)15-24-12-5-13-25(24)21-11-10-16(14-23)18-7-2-3-8-19(18)21/h1-4,6-11H,5,12-13,15H2. The van der Waals surface area contributed by atoms with Crippen molar-refractivity contribution in [3.8, 4) is 6.07 Å². The minimum atomic E-state index is -0.168. The van der Waals surface area contributed by atoms with E-state index < -0.39 is 0 Å². The topological polar surface area (TPSA) is 30.3 Å². The molecule has 4 heteroatoms. The summed E-state index contributed by atoms with van der Waals surface area (Å²) >= 11 is 0. The molecule has 124 valence electrons. The first-order chi connectivity index (χ1) is 12.3. The molecule has 0 N–H and O–H groups in total. The van der Waals surface area contributed by atoms with Crippen molar-refractivity contribution >= 4 is 16.5 Å². The average molecular weight is 331 g/mol. The van der Waals surface area contributed by atoms with E-state index in [4.69, 9.17) is 0 Å². The summed E-state index contributed by atoms with van der Waals surface area (Å²) in [7, 11) is 0. The van der Waals surface area contributed by atoms with Crippen LogP contribution in [0.15, 0.2) is 60.7 Å². The van der Waals surface area contributed by atoms with E-state index in [1.54, 1.807) is 6.07 Å². The number of nitrogens with zero attached hydrogens (tertiary/aromatic N) is 3. The highest BCUT2D eigenvalue weighted by molar-refractivity contribution is 5.97. The third-order valence-electron chi connectivity index (χ3n) is 4.74. The monoisotopic (exact) mass is 331 g/mol. The zero-order valence-electron chi connectivity index (χ0n) is 13.8. The molecule has 0 bridgehead atoms. The molecule has 1 heterocycles. The lowest BCUT2D eigenvalue weighted by molar-refractivity contribution is 0.299. The predicted octanol–water partition coefficient (Wildman–Crippen LogP) is 4.48. The normalized spacial score (nSPS) is 14.8. The average Bonchev–Trinajstić information content (AvgIpc) is 3.10. The molecule has 1 aliphatic heterocycles. The maximum Gasteiger partial charge on any atom is 0.127 e. The molecule has 3 aromatic rings. The first-order valence-electron chi connectivity index (χ1n) is 8.45. The number of rotatable bonds is 3. The van der Waals surface area contributed by atoms with Gasteiger partial charge in [0.05, 0.1) is 17.3 Å². The van der Waals surface area contributed by atoms with E-state index in [0.29, 0.717) is 17.7 Å². The summed E-state index contributed by atoms with van der Waals surface area (Å²) in [5, 5.41) is 15.8. The zero-order chi connectivity index (χ0) is 17.2. The molecule has 0 saturated carbocycles. The number of hydrogen-bond donors (Lipinski definition) is 0. The van der Waals surface area contributed by atoms with Crippen LogP contribution < -0.4 is 5.01 Å². The van der Waals surface area contributed by atoms with Crippen molar-refractivity contribution in [2.45, 2.75) is 13.0 Å². The van der Waals surface area contributed by atoms with Crippen LogP contribution in [-0.2, 0) is 6.54 Å². The van der Waals surface area contributed by atoms with Gasteiger partial charge < -0.3 is 5.01 Å². The number of benzene rings is 3. The van der Waals surface area contributed by atoms with Gasteiger partial charge in [-0.2, -0.15) is 5.26 Å². The first kappa shape index (κ1) is 15.6. The molecule has 0 radical (unpaired) electrons. The fourth-order valence-electron chi connectivity index (χ4n) is 3.53. The van der Waals surface area contributed by atoms with Gasteiger partial charge in [-0.1, -0.05) is 42.5 Å². The number of nitriles is 1. The number of halogens is 1. The summed E-state index contributed by atoms with van der Waals surface area (Å²) in [4.78, 5) is 0. The molecule has 1 aliphatic rings. The predicted molar refractivity (Wildman–Crippen MR) is 97.4 cm³/mol. The molecule has 0 spiro atoms. The van der Waals surface area contributed by atoms with E-state index in [2.05, 4.69) is 16.1 Å². The lowest BCUT2D eigenvalue weighted by Crippen LogP contribution is -2.36. The van der Waals surface area contributed by atoms with Crippen LogP contribution in [0.5, 0.6) is 0 Å². The van der Waals surface area contributed by atoms with Crippen molar-refractivity contribution in [2.24, 2.45) is 0 Å². The van der Waals surface area contributed by atoms with Crippen LogP contribution in [0.25, 0.3) is 10.8 Å². The first-order valence-corrected chi connectivity index (χ1v) is 8.45. The lowest BCUT2D eigenvalue weighted by atomic mass is 10.0. The Morgan fingerprint density at radius 1 is 0.920 bits per heavy atom. The van der Waals surface area contributed by atoms with Crippen molar-refractivity contribution < 1.29 is 4.39 Å². The van der Waals surface area contributed by atoms with Crippen molar-refractivity contribution in [1.29, 1.82) is 5.26 Å². The van der Waals surface area contributed by atoms with Crippen LogP contribution in [-0.4, -0.2) is 18.1 Å². The Kier molecular flexibility index (Phi) is 4.09. The Labute approximate surface area is 146 Å². The van der Waals surface area contributed by atoms with Crippen molar-refractivity contribution in [3.05, 3.63) is 77.6 Å². The van der Waals surface area contributed by atoms with Gasteiger partial charge in [-0.3, -0.25) is 0 Å². The minimum Gasteiger partial charge on any atom is -0.305 e. The molecular formula is C21H18FN3. The third-order valence-corrected chi connectivity index (χ3v) is 4.74. The summed E-state index contributed by atoms with van der Waals surface area (Å²) in [6.45, 7) is 2.33. The van der Waals surface area contributed by atoms with Crippen molar-refractivity contribution in [2.75, 3.05) is 18.1 Å². The second-order valence-electron chi connectivity index (χ2n) is 6.25. The Hall–Kier alpha value is -2.90. The van der Waals surface area contributed by atoms with E-state index in [-0.39, 0.29) is 5.82 Å². The van der Waals surface area contributed by atoms with Gasteiger partial charge in [-0.25, -0.2) is 9.40 Å². The quantitative estimate of drug-likeness (QED) is 0.709. The zero-order valence-corrected chi connectivity index (χ0v) is 13.8. The molecule has 4 rings (SSSR count). The van der Waals surface area contributed by atoms with Gasteiger partial charge in [0.25, 0.3) is 0 Å². The van der Waals surface area contributed by atoms with Gasteiger partial charge in [-0.05, 0) is 24.6 Å². The van der Waals surface area contributed by atoms with Gasteiger partial charge in [-0.15, -0.1) is 0 Å². The SMILES string of the molecule is N#Cc1ccc(N2CCCN2Cc2ccccc2F)c2ccccc12. The highest BCUT2D eigenvalue weighted by Gasteiger charge is 2.25. The van der Waals surface area contributed by atoms with Crippen LogP contribution in [0.1, 0.15) is 17.5 Å². The van der Waals surface area contributed by atoms with Crippen LogP contribution in [0.3, 0.4) is 0 Å². The Morgan fingerprint density at radius 3 is 2.48 bits per heavy atom. The minimum absolute atomic E-state index is 0.168. The van der Waals surface area contributed by atoms with E-state index in [0.717, 1.165) is 36.0 Å². The van der Waals surface area contributed by atoms with Crippen LogP contribution in [0, 0.1) is 17.1 Å². The molecular weight excluding hydrogens is 313 g/mol. The third kappa shape index (κ3) is 2.84. The van der Waals surface area contributed by atoms with E-state index in [1.165, 1.54) is 6.07 Å². The summed E-state index contributed by atoms with van der Waals surface area (Å²) < 4.78 is 14.0. The summed E-state index contributed by atoms with van der Waals surface area (Å²) in [6.07, 6.45) is 1.03. The number of anilines is 1. The van der Waals surface area contributed by atoms with Crippen LogP contribution >= 0.6 is 0 Å². The van der Waals surface area contributed by atoms with Gasteiger partial charge in [0.15, 0.2) is 0 Å². The highest BCUT2D eigenvalue weighted by Crippen LogP contribution is 2.32. The maximum atomic E-state index is 14.0. The molecule has 0 unspecified atom stereocenters. The molecule has 25 heavy (non-hydrogen) atoms. The molecule has 0 aromatic heterocycles. The van der Waals surface area contributed by atoms with E-state index >= 15 is 0 Å². The second kappa shape index (κ2) is 6.54. The van der Waals surface area contributed by atoms with E-state index in [1.807, 2.05) is 48.5 Å². The van der Waals surface area contributed by atoms with Crippen molar-refractivity contribution in [1.82, 2.24) is 5.01 Å². The van der Waals surface area contributed by atoms with Crippen molar-refractivity contribution in [3.63, 3.8) is 0 Å². The molecule has 3 nitrogen and oxygen atoms in total. The molecule has 1 saturated heterocycles. The van der Waals surface area contributed by atoms with Gasteiger partial charge in [0.2, 0.25) is 0 Å². The second-order valence-corrected chi connectivity index (χ2v) is 6.25. The fraction of sp³-hybridized carbons (Fsp3) is 0.190. The largest absolute Gasteiger partial charge is 0.305 e. The smallest absolute Gasteiger partial charge is 0.127 e. The number of hydrogen-bond acceptors (Lipinski definition) is 3. The summed E-state index contributed by atoms with van der Waals surface area (Å²) in [6, 6.07) is 21.0. The number of fused-ring (bicyclic) bond motifs is 1. The lowest BCUT2D eigenvalue weighted by Gasteiger charge is -2.31. The Bertz CT molecular complexity index is 961. The summed E-state index contributed by atoms with van der Waals surface area (Å²) in [5.74, 6) is -0.168. The molecule has 0 amide bonds. The highest BCUT2D eigenvalue weighted by atomic mass is 19.1. The van der Waals surface area contributed by atoms with Gasteiger partial charge in [0.1, 0.15) is 5.82 Å². The van der Waals surface area contributed by atoms with E-state index in [9.17, 15) is 9.65 Å². The summed E-state index contributed by atoms with van der Waals surface area (Å²) in [5.41, 5.74) is 2.45. The Balaban J connectivity index is 1.73. The molecule has 0 aliphatic carbocycles. The maximum absolute atomic E-state index is 14.0. The van der Waals surface area contributed by atoms with Gasteiger partial charge in [0, 0.05) is 36.0 Å². The molecule has 1 fully saturated rings. The molecule has 3 aromatic carbocycles. The molecule has 0 atom stereocenters.